The van der Waals surface area contributed by atoms with Gasteiger partial charge in [-0.15, -0.1) is 0 Å². The number of hydrogen-bond donors (Lipinski definition) is 0. The van der Waals surface area contributed by atoms with Crippen LogP contribution in [-0.2, 0) is 6.42 Å². The minimum atomic E-state index is 0.158. The first-order chi connectivity index (χ1) is 6.20. The van der Waals surface area contributed by atoms with E-state index in [0.717, 1.165) is 29.0 Å². The van der Waals surface area contributed by atoms with Crippen LogP contribution >= 0.6 is 11.6 Å². The van der Waals surface area contributed by atoms with E-state index in [1.165, 1.54) is 0 Å². The fourth-order valence-electron chi connectivity index (χ4n) is 1.80. The van der Waals surface area contributed by atoms with Gasteiger partial charge in [0, 0.05) is 16.5 Å². The van der Waals surface area contributed by atoms with Crippen molar-refractivity contribution >= 4 is 17.4 Å². The van der Waals surface area contributed by atoms with Gasteiger partial charge in [0.2, 0.25) is 0 Å². The lowest BCUT2D eigenvalue weighted by Gasteiger charge is -2.20. The van der Waals surface area contributed by atoms with Crippen molar-refractivity contribution in [1.29, 1.82) is 0 Å². The fraction of sp³-hybridized carbons (Fsp3) is 0.364. The number of carbonyl (C=O) groups excluding carboxylic acids is 1. The lowest BCUT2D eigenvalue weighted by atomic mass is 9.84. The molecule has 1 aliphatic rings. The molecule has 2 rings (SSSR count). The van der Waals surface area contributed by atoms with Gasteiger partial charge >= 0.3 is 0 Å². The summed E-state index contributed by atoms with van der Waals surface area (Å²) >= 11 is 6.00. The largest absolute Gasteiger partial charge is 0.294 e. The fourth-order valence-corrected chi connectivity index (χ4v) is 2.07. The minimum Gasteiger partial charge on any atom is -0.294 e. The second kappa shape index (κ2) is 3.15. The molecule has 0 radical (unpaired) electrons. The summed E-state index contributed by atoms with van der Waals surface area (Å²) in [7, 11) is 0. The van der Waals surface area contributed by atoms with E-state index < -0.39 is 0 Å². The Bertz CT molecular complexity index is 357. The molecule has 1 nitrogen and oxygen atoms in total. The van der Waals surface area contributed by atoms with E-state index in [0.29, 0.717) is 0 Å². The lowest BCUT2D eigenvalue weighted by Crippen LogP contribution is -2.20. The van der Waals surface area contributed by atoms with Crippen LogP contribution < -0.4 is 0 Å². The molecule has 0 heterocycles. The van der Waals surface area contributed by atoms with Gasteiger partial charge in [0.15, 0.2) is 5.78 Å². The van der Waals surface area contributed by atoms with E-state index in [2.05, 4.69) is 0 Å². The molecule has 0 N–H and O–H groups in total. The zero-order chi connectivity index (χ0) is 9.42. The van der Waals surface area contributed by atoms with Crippen LogP contribution in [0.1, 0.15) is 29.3 Å². The molecule has 68 valence electrons. The first-order valence-electron chi connectivity index (χ1n) is 4.51. The summed E-state index contributed by atoms with van der Waals surface area (Å²) in [5.74, 6) is 0.398. The molecule has 1 aromatic rings. The van der Waals surface area contributed by atoms with Crippen LogP contribution in [0.2, 0.25) is 5.02 Å². The van der Waals surface area contributed by atoms with Crippen LogP contribution in [-0.4, -0.2) is 5.78 Å². The van der Waals surface area contributed by atoms with Gasteiger partial charge in [-0.2, -0.15) is 0 Å². The highest BCUT2D eigenvalue weighted by Crippen LogP contribution is 2.30. The number of Topliss-reactive ketones (excluding diaryl/α,β-unsaturated/α-hetero) is 1. The maximum atomic E-state index is 11.7. The molecule has 1 unspecified atom stereocenters. The summed E-state index contributed by atoms with van der Waals surface area (Å²) in [6.07, 6.45) is 1.86. The molecule has 0 amide bonds. The molecule has 1 aromatic carbocycles. The molecular weight excluding hydrogens is 184 g/mol. The van der Waals surface area contributed by atoms with Crippen molar-refractivity contribution in [2.45, 2.75) is 19.8 Å². The summed E-state index contributed by atoms with van der Waals surface area (Å²) in [5.41, 5.74) is 1.86. The van der Waals surface area contributed by atoms with Gasteiger partial charge in [-0.05, 0) is 24.5 Å². The second-order valence-corrected chi connectivity index (χ2v) is 3.98. The van der Waals surface area contributed by atoms with Crippen LogP contribution in [0, 0.1) is 5.92 Å². The van der Waals surface area contributed by atoms with Crippen molar-refractivity contribution in [3.05, 3.63) is 34.3 Å². The van der Waals surface area contributed by atoms with Gasteiger partial charge in [-0.1, -0.05) is 30.7 Å². The quantitative estimate of drug-likeness (QED) is 0.620. The molecule has 13 heavy (non-hydrogen) atoms. The third-order valence-corrected chi connectivity index (χ3v) is 3.01. The van der Waals surface area contributed by atoms with Crippen LogP contribution in [0.5, 0.6) is 0 Å². The first kappa shape index (κ1) is 8.76. The second-order valence-electron chi connectivity index (χ2n) is 3.57. The van der Waals surface area contributed by atoms with Crippen molar-refractivity contribution in [3.63, 3.8) is 0 Å². The monoisotopic (exact) mass is 194 g/mol. The van der Waals surface area contributed by atoms with E-state index in [9.17, 15) is 4.79 Å². The maximum Gasteiger partial charge on any atom is 0.166 e. The molecule has 0 aliphatic heterocycles. The maximum absolute atomic E-state index is 11.7. The SMILES string of the molecule is CC1CCc2c(Cl)cccc2C1=O. The highest BCUT2D eigenvalue weighted by Gasteiger charge is 2.24. The highest BCUT2D eigenvalue weighted by molar-refractivity contribution is 6.32. The Balaban J connectivity index is 2.55. The molecule has 2 heteroatoms. The number of rotatable bonds is 0. The molecule has 0 spiro atoms. The average molecular weight is 195 g/mol. The van der Waals surface area contributed by atoms with Gasteiger partial charge in [0.25, 0.3) is 0 Å². The predicted molar refractivity (Wildman–Crippen MR) is 53.3 cm³/mol. The molecule has 1 aliphatic carbocycles. The molecule has 0 fully saturated rings. The van der Waals surface area contributed by atoms with Gasteiger partial charge in [-0.3, -0.25) is 4.79 Å². The Morgan fingerprint density at radius 3 is 3.00 bits per heavy atom. The average Bonchev–Trinajstić information content (AvgIpc) is 2.12. The third-order valence-electron chi connectivity index (χ3n) is 2.66. The number of benzene rings is 1. The van der Waals surface area contributed by atoms with Crippen LogP contribution in [0.4, 0.5) is 0 Å². The first-order valence-corrected chi connectivity index (χ1v) is 4.89. The number of carbonyl (C=O) groups is 1. The summed E-state index contributed by atoms with van der Waals surface area (Å²) in [4.78, 5) is 11.7. The van der Waals surface area contributed by atoms with E-state index in [1.54, 1.807) is 0 Å². The zero-order valence-corrected chi connectivity index (χ0v) is 8.27. The lowest BCUT2D eigenvalue weighted by molar-refractivity contribution is 0.0913. The van der Waals surface area contributed by atoms with Gasteiger partial charge < -0.3 is 0 Å². The third kappa shape index (κ3) is 1.37. The predicted octanol–water partition coefficient (Wildman–Crippen LogP) is 3.11. The van der Waals surface area contributed by atoms with Crippen molar-refractivity contribution in [2.75, 3.05) is 0 Å². The van der Waals surface area contributed by atoms with Crippen LogP contribution in [0.15, 0.2) is 18.2 Å². The summed E-state index contributed by atoms with van der Waals surface area (Å²) in [6.45, 7) is 1.98. The smallest absolute Gasteiger partial charge is 0.166 e. The van der Waals surface area contributed by atoms with E-state index in [-0.39, 0.29) is 11.7 Å². The number of hydrogen-bond acceptors (Lipinski definition) is 1. The van der Waals surface area contributed by atoms with E-state index >= 15 is 0 Å². The standard InChI is InChI=1S/C11H11ClO/c1-7-5-6-8-9(11(7)13)3-2-4-10(8)12/h2-4,7H,5-6H2,1H3. The van der Waals surface area contributed by atoms with Gasteiger partial charge in [0.1, 0.15) is 0 Å². The normalized spacial score (nSPS) is 21.4. The zero-order valence-electron chi connectivity index (χ0n) is 7.51. The van der Waals surface area contributed by atoms with Crippen molar-refractivity contribution in [3.8, 4) is 0 Å². The number of fused-ring (bicyclic) bond motifs is 1. The van der Waals surface area contributed by atoms with Crippen molar-refractivity contribution in [2.24, 2.45) is 5.92 Å². The topological polar surface area (TPSA) is 17.1 Å². The van der Waals surface area contributed by atoms with Gasteiger partial charge in [0.05, 0.1) is 0 Å². The molecule has 1 atom stereocenters. The Morgan fingerprint density at radius 1 is 1.46 bits per heavy atom. The summed E-state index contributed by atoms with van der Waals surface area (Å²) < 4.78 is 0. The van der Waals surface area contributed by atoms with Gasteiger partial charge in [-0.25, -0.2) is 0 Å². The Kier molecular flexibility index (Phi) is 2.12. The molecule has 0 bridgehead atoms. The van der Waals surface area contributed by atoms with Crippen molar-refractivity contribution < 1.29 is 4.79 Å². The van der Waals surface area contributed by atoms with Crippen molar-refractivity contribution in [1.82, 2.24) is 0 Å². The number of halogens is 1. The van der Waals surface area contributed by atoms with E-state index in [4.69, 9.17) is 11.6 Å². The number of ketones is 1. The molecular formula is C11H11ClO. The van der Waals surface area contributed by atoms with E-state index in [1.807, 2.05) is 25.1 Å². The summed E-state index contributed by atoms with van der Waals surface area (Å²) in [6, 6.07) is 5.57. The molecule has 0 aromatic heterocycles. The molecule has 0 saturated carbocycles. The Labute approximate surface area is 82.7 Å². The Morgan fingerprint density at radius 2 is 2.23 bits per heavy atom. The highest BCUT2D eigenvalue weighted by atomic mass is 35.5. The minimum absolute atomic E-state index is 0.158. The molecule has 0 saturated heterocycles. The summed E-state index contributed by atoms with van der Waals surface area (Å²) in [5, 5.41) is 0.734. The Hall–Kier alpha value is -0.820. The van der Waals surface area contributed by atoms with Crippen LogP contribution in [0.25, 0.3) is 0 Å². The van der Waals surface area contributed by atoms with Crippen LogP contribution in [0.3, 0.4) is 0 Å².